The molecule has 0 aliphatic heterocycles. The zero-order chi connectivity index (χ0) is 25.3. The van der Waals surface area contributed by atoms with Gasteiger partial charge >= 0.3 is 6.18 Å². The minimum atomic E-state index is -4.44. The summed E-state index contributed by atoms with van der Waals surface area (Å²) >= 11 is 1.17. The number of anilines is 2. The summed E-state index contributed by atoms with van der Waals surface area (Å²) in [7, 11) is 0. The monoisotopic (exact) mass is 503 g/mol. The standard InChI is InChI=1S/C23H20F3N5O3S/c1-2-33-20-10-15(6-7-19(20)34-9-8-27)13-28-31-21(32)12-18-14-35-22(30-18)29-17-5-3-4-16(11-17)23(24,25)26/h3-7,10-11,13-14H,2,9,12H2,1H3,(H,29,30)(H,31,32)/b28-13-. The molecular weight excluding hydrogens is 483 g/mol. The number of ether oxygens (including phenoxy) is 2. The maximum atomic E-state index is 12.9. The number of halogens is 3. The highest BCUT2D eigenvalue weighted by Crippen LogP contribution is 2.32. The van der Waals surface area contributed by atoms with Crippen molar-refractivity contribution in [3.05, 3.63) is 64.7 Å². The molecule has 0 aliphatic carbocycles. The van der Waals surface area contributed by atoms with Crippen molar-refractivity contribution in [3.63, 3.8) is 0 Å². The highest BCUT2D eigenvalue weighted by atomic mass is 32.1. The molecule has 0 saturated carbocycles. The molecule has 0 atom stereocenters. The van der Waals surface area contributed by atoms with Crippen molar-refractivity contribution in [3.8, 4) is 17.6 Å². The number of hydrogen-bond donors (Lipinski definition) is 2. The maximum Gasteiger partial charge on any atom is 0.416 e. The van der Waals surface area contributed by atoms with Crippen LogP contribution in [-0.4, -0.2) is 30.3 Å². The number of nitrogens with one attached hydrogen (secondary N) is 2. The highest BCUT2D eigenvalue weighted by molar-refractivity contribution is 7.13. The molecule has 12 heteroatoms. The number of alkyl halides is 3. The van der Waals surface area contributed by atoms with Gasteiger partial charge in [-0.15, -0.1) is 11.3 Å². The van der Waals surface area contributed by atoms with E-state index in [0.29, 0.717) is 34.5 Å². The third-order valence-electron chi connectivity index (χ3n) is 4.30. The Kier molecular flexibility index (Phi) is 8.63. The SMILES string of the molecule is CCOc1cc(/C=N\NC(=O)Cc2csc(Nc3cccc(C(F)(F)F)c3)n2)ccc1OCC#N. The maximum absolute atomic E-state index is 12.9. The molecule has 35 heavy (non-hydrogen) atoms. The van der Waals surface area contributed by atoms with E-state index in [1.807, 2.05) is 13.0 Å². The molecule has 8 nitrogen and oxygen atoms in total. The Morgan fingerprint density at radius 3 is 2.80 bits per heavy atom. The number of amides is 1. The van der Waals surface area contributed by atoms with E-state index in [4.69, 9.17) is 14.7 Å². The number of carbonyl (C=O) groups is 1. The van der Waals surface area contributed by atoms with E-state index in [0.717, 1.165) is 12.1 Å². The van der Waals surface area contributed by atoms with Crippen LogP contribution in [0.3, 0.4) is 0 Å². The Morgan fingerprint density at radius 1 is 1.23 bits per heavy atom. The average molecular weight is 504 g/mol. The summed E-state index contributed by atoms with van der Waals surface area (Å²) in [6, 6.07) is 11.7. The summed E-state index contributed by atoms with van der Waals surface area (Å²) in [5.74, 6) is 0.449. The predicted molar refractivity (Wildman–Crippen MR) is 125 cm³/mol. The first-order chi connectivity index (χ1) is 16.8. The van der Waals surface area contributed by atoms with Gasteiger partial charge in [0.2, 0.25) is 5.91 Å². The number of nitriles is 1. The van der Waals surface area contributed by atoms with Crippen LogP contribution in [0.15, 0.2) is 52.9 Å². The summed E-state index contributed by atoms with van der Waals surface area (Å²) in [6.07, 6.45) is -3.08. The lowest BCUT2D eigenvalue weighted by Crippen LogP contribution is -2.19. The van der Waals surface area contributed by atoms with E-state index in [1.54, 1.807) is 23.6 Å². The third-order valence-corrected chi connectivity index (χ3v) is 5.10. The number of aromatic nitrogens is 1. The van der Waals surface area contributed by atoms with Gasteiger partial charge in [-0.25, -0.2) is 10.4 Å². The van der Waals surface area contributed by atoms with Crippen molar-refractivity contribution in [1.82, 2.24) is 10.4 Å². The van der Waals surface area contributed by atoms with Gasteiger partial charge in [0.05, 0.1) is 30.5 Å². The second kappa shape index (κ2) is 11.8. The zero-order valence-electron chi connectivity index (χ0n) is 18.4. The van der Waals surface area contributed by atoms with Gasteiger partial charge in [0.15, 0.2) is 23.2 Å². The first-order valence-corrected chi connectivity index (χ1v) is 11.1. The predicted octanol–water partition coefficient (Wildman–Crippen LogP) is 4.90. The lowest BCUT2D eigenvalue weighted by molar-refractivity contribution is -0.137. The van der Waals surface area contributed by atoms with Crippen molar-refractivity contribution in [2.75, 3.05) is 18.5 Å². The minimum Gasteiger partial charge on any atom is -0.490 e. The molecule has 0 fully saturated rings. The van der Waals surface area contributed by atoms with Gasteiger partial charge < -0.3 is 14.8 Å². The first-order valence-electron chi connectivity index (χ1n) is 10.3. The molecule has 182 valence electrons. The Labute approximate surface area is 203 Å². The van der Waals surface area contributed by atoms with Crippen molar-refractivity contribution >= 4 is 34.3 Å². The Balaban J connectivity index is 1.55. The quantitative estimate of drug-likeness (QED) is 0.301. The lowest BCUT2D eigenvalue weighted by atomic mass is 10.2. The van der Waals surface area contributed by atoms with Gasteiger partial charge in [0.25, 0.3) is 0 Å². The van der Waals surface area contributed by atoms with Crippen molar-refractivity contribution in [2.24, 2.45) is 5.10 Å². The summed E-state index contributed by atoms with van der Waals surface area (Å²) < 4.78 is 49.4. The van der Waals surface area contributed by atoms with Crippen molar-refractivity contribution < 1.29 is 27.4 Å². The van der Waals surface area contributed by atoms with Crippen LogP contribution >= 0.6 is 11.3 Å². The molecule has 3 aromatic rings. The molecule has 3 rings (SSSR count). The fraction of sp³-hybridized carbons (Fsp3) is 0.217. The summed E-state index contributed by atoms with van der Waals surface area (Å²) in [4.78, 5) is 16.4. The molecule has 0 unspecified atom stereocenters. The molecule has 1 amide bonds. The van der Waals surface area contributed by atoms with Gasteiger partial charge in [-0.2, -0.15) is 23.5 Å². The van der Waals surface area contributed by atoms with Crippen LogP contribution in [0.4, 0.5) is 24.0 Å². The minimum absolute atomic E-state index is 0.0662. The van der Waals surface area contributed by atoms with Crippen molar-refractivity contribution in [2.45, 2.75) is 19.5 Å². The summed E-state index contributed by atoms with van der Waals surface area (Å²) in [5.41, 5.74) is 2.95. The largest absolute Gasteiger partial charge is 0.490 e. The fourth-order valence-corrected chi connectivity index (χ4v) is 3.56. The smallest absolute Gasteiger partial charge is 0.416 e. The summed E-state index contributed by atoms with van der Waals surface area (Å²) in [5, 5.41) is 17.4. The van der Waals surface area contributed by atoms with Gasteiger partial charge in [0.1, 0.15) is 6.07 Å². The molecule has 2 N–H and O–H groups in total. The van der Waals surface area contributed by atoms with Gasteiger partial charge in [0, 0.05) is 11.1 Å². The van der Waals surface area contributed by atoms with Gasteiger partial charge in [-0.1, -0.05) is 6.07 Å². The molecule has 0 saturated heterocycles. The number of thiazole rings is 1. The van der Waals surface area contributed by atoms with Crippen molar-refractivity contribution in [1.29, 1.82) is 5.26 Å². The number of nitrogens with zero attached hydrogens (tertiary/aromatic N) is 3. The molecule has 0 spiro atoms. The average Bonchev–Trinajstić information content (AvgIpc) is 3.24. The van der Waals surface area contributed by atoms with E-state index >= 15 is 0 Å². The molecular formula is C23H20F3N5O3S. The Morgan fingerprint density at radius 2 is 2.06 bits per heavy atom. The number of hydrazone groups is 1. The van der Waals surface area contributed by atoms with Crippen LogP contribution in [0.2, 0.25) is 0 Å². The second-order valence-corrected chi connectivity index (χ2v) is 7.76. The van der Waals surface area contributed by atoms with Crippen LogP contribution in [0.25, 0.3) is 0 Å². The van der Waals surface area contributed by atoms with E-state index in [9.17, 15) is 18.0 Å². The zero-order valence-corrected chi connectivity index (χ0v) is 19.2. The van der Waals surface area contributed by atoms with Crippen LogP contribution in [0, 0.1) is 11.3 Å². The first kappa shape index (κ1) is 25.5. The number of benzene rings is 2. The number of carbonyl (C=O) groups excluding carboxylic acids is 1. The van der Waals surface area contributed by atoms with Crippen LogP contribution < -0.4 is 20.2 Å². The molecule has 0 bridgehead atoms. The lowest BCUT2D eigenvalue weighted by Gasteiger charge is -2.10. The van der Waals surface area contributed by atoms with E-state index < -0.39 is 17.6 Å². The summed E-state index contributed by atoms with van der Waals surface area (Å²) in [6.45, 7) is 2.10. The molecule has 2 aromatic carbocycles. The number of hydrogen-bond acceptors (Lipinski definition) is 8. The van der Waals surface area contributed by atoms with E-state index in [2.05, 4.69) is 20.8 Å². The second-order valence-electron chi connectivity index (χ2n) is 6.90. The Bertz CT molecular complexity index is 1240. The molecule has 1 aromatic heterocycles. The molecule has 0 radical (unpaired) electrons. The third kappa shape index (κ3) is 7.72. The van der Waals surface area contributed by atoms with E-state index in [-0.39, 0.29) is 18.7 Å². The van der Waals surface area contributed by atoms with Crippen LogP contribution in [-0.2, 0) is 17.4 Å². The van der Waals surface area contributed by atoms with Crippen LogP contribution in [0.1, 0.15) is 23.7 Å². The fourth-order valence-electron chi connectivity index (χ4n) is 2.83. The number of rotatable bonds is 10. The van der Waals surface area contributed by atoms with Gasteiger partial charge in [-0.05, 0) is 48.9 Å². The molecule has 1 heterocycles. The normalized spacial score (nSPS) is 11.2. The Hall–Kier alpha value is -4.11. The van der Waals surface area contributed by atoms with E-state index in [1.165, 1.54) is 29.7 Å². The highest BCUT2D eigenvalue weighted by Gasteiger charge is 2.30. The van der Waals surface area contributed by atoms with Gasteiger partial charge in [-0.3, -0.25) is 4.79 Å². The molecule has 0 aliphatic rings. The topological polar surface area (TPSA) is 109 Å². The van der Waals surface area contributed by atoms with Crippen LogP contribution in [0.5, 0.6) is 11.5 Å².